The monoisotopic (exact) mass is 360 g/mol. The second kappa shape index (κ2) is 5.87. The zero-order valence-corrected chi connectivity index (χ0v) is 14.8. The van der Waals surface area contributed by atoms with E-state index >= 15 is 0 Å². The molecule has 0 fully saturated rings. The number of carbonyl (C=O) groups is 1. The highest BCUT2D eigenvalue weighted by molar-refractivity contribution is 7.90. The van der Waals surface area contributed by atoms with Crippen LogP contribution in [0.4, 0.5) is 10.5 Å². The van der Waals surface area contributed by atoms with Gasteiger partial charge in [0.25, 0.3) is 10.0 Å². The van der Waals surface area contributed by atoms with Gasteiger partial charge in [0, 0.05) is 12.7 Å². The molecule has 2 aliphatic carbocycles. The Morgan fingerprint density at radius 2 is 1.76 bits per heavy atom. The maximum absolute atomic E-state index is 12.4. The van der Waals surface area contributed by atoms with E-state index in [1.807, 2.05) is 0 Å². The van der Waals surface area contributed by atoms with E-state index in [0.29, 0.717) is 0 Å². The van der Waals surface area contributed by atoms with E-state index in [1.54, 1.807) is 0 Å². The molecule has 0 aliphatic heterocycles. The average Bonchev–Trinajstić information content (AvgIpc) is 3.25. The first kappa shape index (κ1) is 16.1. The van der Waals surface area contributed by atoms with Crippen LogP contribution in [0.2, 0.25) is 0 Å². The van der Waals surface area contributed by atoms with E-state index in [9.17, 15) is 13.2 Å². The topological polar surface area (TPSA) is 93.1 Å². The molecule has 2 N–H and O–H groups in total. The van der Waals surface area contributed by atoms with Gasteiger partial charge in [0.15, 0.2) is 5.03 Å². The minimum atomic E-state index is -3.96. The van der Waals surface area contributed by atoms with Crippen LogP contribution in [0.5, 0.6) is 0 Å². The minimum absolute atomic E-state index is 0.0498. The van der Waals surface area contributed by atoms with Gasteiger partial charge in [-0.1, -0.05) is 6.07 Å². The van der Waals surface area contributed by atoms with Crippen molar-refractivity contribution in [3.05, 3.63) is 40.6 Å². The van der Waals surface area contributed by atoms with Gasteiger partial charge in [-0.15, -0.1) is 0 Å². The summed E-state index contributed by atoms with van der Waals surface area (Å²) < 4.78 is 28.0. The maximum Gasteiger partial charge on any atom is 0.333 e. The molecule has 132 valence electrons. The Kier molecular flexibility index (Phi) is 3.79. The molecule has 0 saturated heterocycles. The Morgan fingerprint density at radius 3 is 2.32 bits per heavy atom. The number of aromatic nitrogens is 2. The first-order chi connectivity index (χ1) is 12.0. The highest BCUT2D eigenvalue weighted by Gasteiger charge is 2.27. The van der Waals surface area contributed by atoms with Crippen LogP contribution in [-0.2, 0) is 42.8 Å². The molecular weight excluding hydrogens is 340 g/mol. The molecule has 0 spiro atoms. The van der Waals surface area contributed by atoms with Crippen molar-refractivity contribution in [2.75, 3.05) is 5.32 Å². The van der Waals surface area contributed by atoms with E-state index in [1.165, 1.54) is 35.1 Å². The maximum atomic E-state index is 12.4. The summed E-state index contributed by atoms with van der Waals surface area (Å²) in [7, 11) is -2.44. The van der Waals surface area contributed by atoms with Gasteiger partial charge in [0.1, 0.15) is 0 Å². The summed E-state index contributed by atoms with van der Waals surface area (Å²) in [4.78, 5) is 12.4. The van der Waals surface area contributed by atoms with Crippen molar-refractivity contribution in [2.45, 2.75) is 43.6 Å². The summed E-state index contributed by atoms with van der Waals surface area (Å²) >= 11 is 0. The third-order valence-corrected chi connectivity index (χ3v) is 6.39. The number of urea groups is 1. The number of carbonyl (C=O) groups excluding carboxylic acids is 1. The fourth-order valence-corrected chi connectivity index (χ4v) is 4.94. The van der Waals surface area contributed by atoms with Crippen LogP contribution in [0, 0.1) is 0 Å². The normalized spacial score (nSPS) is 15.7. The van der Waals surface area contributed by atoms with Crippen LogP contribution < -0.4 is 10.0 Å². The number of nitrogens with zero attached hydrogens (tertiary/aromatic N) is 2. The summed E-state index contributed by atoms with van der Waals surface area (Å²) in [5.41, 5.74) is 5.71. The van der Waals surface area contributed by atoms with E-state index in [2.05, 4.69) is 21.2 Å². The minimum Gasteiger partial charge on any atom is -0.307 e. The van der Waals surface area contributed by atoms with Gasteiger partial charge in [-0.05, 0) is 66.8 Å². The molecule has 0 unspecified atom stereocenters. The number of hydrogen-bond acceptors (Lipinski definition) is 4. The first-order valence-corrected chi connectivity index (χ1v) is 9.92. The average molecular weight is 360 g/mol. The summed E-state index contributed by atoms with van der Waals surface area (Å²) in [6.07, 6.45) is 7.41. The van der Waals surface area contributed by atoms with Gasteiger partial charge in [0.2, 0.25) is 0 Å². The molecule has 2 aromatic rings. The summed E-state index contributed by atoms with van der Waals surface area (Å²) in [5, 5.41) is 6.61. The quantitative estimate of drug-likeness (QED) is 0.874. The van der Waals surface area contributed by atoms with Crippen molar-refractivity contribution in [3.8, 4) is 0 Å². The van der Waals surface area contributed by atoms with Crippen molar-refractivity contribution in [3.63, 3.8) is 0 Å². The number of benzene rings is 1. The van der Waals surface area contributed by atoms with Crippen LogP contribution in [0.3, 0.4) is 0 Å². The molecule has 8 heteroatoms. The van der Waals surface area contributed by atoms with Gasteiger partial charge < -0.3 is 5.32 Å². The van der Waals surface area contributed by atoms with Gasteiger partial charge in [-0.25, -0.2) is 9.52 Å². The van der Waals surface area contributed by atoms with Crippen LogP contribution in [0.15, 0.2) is 23.4 Å². The highest BCUT2D eigenvalue weighted by Crippen LogP contribution is 2.38. The molecule has 4 rings (SSSR count). The number of fused-ring (bicyclic) bond motifs is 2. The van der Waals surface area contributed by atoms with Crippen molar-refractivity contribution in [2.24, 2.45) is 7.05 Å². The van der Waals surface area contributed by atoms with Gasteiger partial charge in [0.05, 0.1) is 6.20 Å². The predicted octanol–water partition coefficient (Wildman–Crippen LogP) is 1.91. The Bertz CT molecular complexity index is 930. The Balaban J connectivity index is 1.61. The van der Waals surface area contributed by atoms with Crippen LogP contribution in [-0.4, -0.2) is 24.2 Å². The van der Waals surface area contributed by atoms with Gasteiger partial charge >= 0.3 is 6.03 Å². The number of amides is 2. The highest BCUT2D eigenvalue weighted by atomic mass is 32.2. The molecule has 7 nitrogen and oxygen atoms in total. The lowest BCUT2D eigenvalue weighted by molar-refractivity contribution is 0.256. The molecule has 1 aromatic heterocycles. The third-order valence-electron chi connectivity index (χ3n) is 4.99. The molecule has 0 radical (unpaired) electrons. The summed E-state index contributed by atoms with van der Waals surface area (Å²) in [6.45, 7) is 0. The zero-order valence-electron chi connectivity index (χ0n) is 14.0. The Morgan fingerprint density at radius 1 is 1.12 bits per heavy atom. The van der Waals surface area contributed by atoms with Crippen LogP contribution >= 0.6 is 0 Å². The molecule has 25 heavy (non-hydrogen) atoms. The predicted molar refractivity (Wildman–Crippen MR) is 93.0 cm³/mol. The Hall–Kier alpha value is -2.35. The molecule has 1 aromatic carbocycles. The molecule has 0 saturated carbocycles. The van der Waals surface area contributed by atoms with Gasteiger partial charge in [-0.3, -0.25) is 4.68 Å². The molecule has 2 aliphatic rings. The van der Waals surface area contributed by atoms with Crippen molar-refractivity contribution in [1.29, 1.82) is 0 Å². The number of anilines is 1. The van der Waals surface area contributed by atoms with Crippen LogP contribution in [0.25, 0.3) is 0 Å². The fourth-order valence-electron chi connectivity index (χ4n) is 3.91. The van der Waals surface area contributed by atoms with E-state index in [4.69, 9.17) is 0 Å². The zero-order chi connectivity index (χ0) is 17.6. The number of aryl methyl sites for hydroxylation is 3. The van der Waals surface area contributed by atoms with Gasteiger partial charge in [-0.2, -0.15) is 13.5 Å². The lowest BCUT2D eigenvalue weighted by Crippen LogP contribution is -2.35. The number of hydrogen-bond donors (Lipinski definition) is 2. The number of nitrogens with one attached hydrogen (secondary N) is 2. The van der Waals surface area contributed by atoms with E-state index in [0.717, 1.165) is 55.3 Å². The molecule has 0 bridgehead atoms. The SMILES string of the molecule is Cn1nccc1S(=O)(=O)NC(=O)Nc1c2c(cc3c1CCC3)CCC2. The standard InChI is InChI=1S/C17H20N4O3S/c1-21-15(8-9-18-21)25(23,24)20-17(22)19-16-13-6-2-4-11(13)10-12-5-3-7-14(12)16/h8-10H,2-7H2,1H3,(H2,19,20,22). The Labute approximate surface area is 146 Å². The van der Waals surface area contributed by atoms with E-state index < -0.39 is 16.1 Å². The first-order valence-electron chi connectivity index (χ1n) is 8.44. The molecule has 1 heterocycles. The second-order valence-electron chi connectivity index (χ2n) is 6.59. The number of sulfonamides is 1. The lowest BCUT2D eigenvalue weighted by atomic mass is 9.99. The third kappa shape index (κ3) is 2.80. The fraction of sp³-hybridized carbons (Fsp3) is 0.412. The van der Waals surface area contributed by atoms with Crippen molar-refractivity contribution < 1.29 is 13.2 Å². The second-order valence-corrected chi connectivity index (χ2v) is 8.22. The molecule has 0 atom stereocenters. The van der Waals surface area contributed by atoms with Crippen molar-refractivity contribution >= 4 is 21.7 Å². The summed E-state index contributed by atoms with van der Waals surface area (Å²) in [5.74, 6) is 0. The van der Waals surface area contributed by atoms with E-state index in [-0.39, 0.29) is 5.03 Å². The largest absolute Gasteiger partial charge is 0.333 e. The van der Waals surface area contributed by atoms with Crippen LogP contribution in [0.1, 0.15) is 35.1 Å². The lowest BCUT2D eigenvalue weighted by Gasteiger charge is -2.16. The molecular formula is C17H20N4O3S. The smallest absolute Gasteiger partial charge is 0.307 e. The number of rotatable bonds is 3. The van der Waals surface area contributed by atoms with Crippen molar-refractivity contribution in [1.82, 2.24) is 14.5 Å². The summed E-state index contributed by atoms with van der Waals surface area (Å²) in [6, 6.07) is 2.89. The molecule has 2 amide bonds.